The Balaban J connectivity index is 2.05. The van der Waals surface area contributed by atoms with Crippen LogP contribution < -0.4 is 4.72 Å². The van der Waals surface area contributed by atoms with Crippen LogP contribution in [0.3, 0.4) is 0 Å². The number of aliphatic hydroxyl groups is 2. The third-order valence-corrected chi connectivity index (χ3v) is 4.39. The number of hydrogen-bond acceptors (Lipinski definition) is 6. The SMILES string of the molecule is CCCn1ccc(C(=O)N2C[C@@H](O)[C@](O)(CNS(C)(=O)=O)C2)n1. The van der Waals surface area contributed by atoms with Gasteiger partial charge in [0.25, 0.3) is 5.91 Å². The van der Waals surface area contributed by atoms with E-state index in [2.05, 4.69) is 9.82 Å². The van der Waals surface area contributed by atoms with Crippen LogP contribution in [0.25, 0.3) is 0 Å². The molecule has 1 aromatic rings. The summed E-state index contributed by atoms with van der Waals surface area (Å²) >= 11 is 0. The number of hydrogen-bond donors (Lipinski definition) is 3. The van der Waals surface area contributed by atoms with Crippen LogP contribution in [0.2, 0.25) is 0 Å². The molecule has 1 fully saturated rings. The first-order valence-corrected chi connectivity index (χ1v) is 9.21. The van der Waals surface area contributed by atoms with Gasteiger partial charge in [-0.3, -0.25) is 9.48 Å². The molecule has 0 bridgehead atoms. The minimum Gasteiger partial charge on any atom is -0.388 e. The molecular formula is C13H22N4O5S. The summed E-state index contributed by atoms with van der Waals surface area (Å²) in [5.41, 5.74) is -1.49. The maximum atomic E-state index is 12.4. The Labute approximate surface area is 135 Å². The highest BCUT2D eigenvalue weighted by Gasteiger charge is 2.46. The second-order valence-electron chi connectivity index (χ2n) is 5.86. The van der Waals surface area contributed by atoms with E-state index in [1.807, 2.05) is 6.92 Å². The van der Waals surface area contributed by atoms with E-state index in [0.29, 0.717) is 6.54 Å². The second-order valence-corrected chi connectivity index (χ2v) is 7.70. The normalized spacial score (nSPS) is 25.0. The number of nitrogens with one attached hydrogen (secondary N) is 1. The minimum absolute atomic E-state index is 0.0819. The Bertz CT molecular complexity index is 674. The Kier molecular flexibility index (Phi) is 5.09. The average molecular weight is 346 g/mol. The molecule has 3 N–H and O–H groups in total. The van der Waals surface area contributed by atoms with Gasteiger partial charge in [-0.05, 0) is 12.5 Å². The van der Waals surface area contributed by atoms with Crippen molar-refractivity contribution in [2.45, 2.75) is 31.6 Å². The van der Waals surface area contributed by atoms with Gasteiger partial charge in [0.1, 0.15) is 17.4 Å². The van der Waals surface area contributed by atoms with Gasteiger partial charge in [-0.25, -0.2) is 13.1 Å². The topological polar surface area (TPSA) is 125 Å². The number of sulfonamides is 1. The highest BCUT2D eigenvalue weighted by molar-refractivity contribution is 7.88. The molecule has 1 aliphatic rings. The van der Waals surface area contributed by atoms with Crippen LogP contribution in [0.15, 0.2) is 12.3 Å². The number of aromatic nitrogens is 2. The number of amides is 1. The summed E-state index contributed by atoms with van der Waals surface area (Å²) in [5, 5.41) is 24.5. The molecule has 0 aliphatic carbocycles. The van der Waals surface area contributed by atoms with Crippen LogP contribution in [-0.4, -0.2) is 76.8 Å². The van der Waals surface area contributed by atoms with Gasteiger partial charge in [-0.2, -0.15) is 5.10 Å². The van der Waals surface area contributed by atoms with E-state index in [1.165, 1.54) is 4.90 Å². The fourth-order valence-corrected chi connectivity index (χ4v) is 2.97. The van der Waals surface area contributed by atoms with Gasteiger partial charge in [0, 0.05) is 19.3 Å². The molecule has 1 amide bonds. The van der Waals surface area contributed by atoms with E-state index in [9.17, 15) is 23.4 Å². The maximum absolute atomic E-state index is 12.4. The monoisotopic (exact) mass is 346 g/mol. The first kappa shape index (κ1) is 17.9. The molecule has 23 heavy (non-hydrogen) atoms. The van der Waals surface area contributed by atoms with Gasteiger partial charge in [0.2, 0.25) is 10.0 Å². The molecule has 1 saturated heterocycles. The largest absolute Gasteiger partial charge is 0.388 e. The predicted molar refractivity (Wildman–Crippen MR) is 82.2 cm³/mol. The van der Waals surface area contributed by atoms with Crippen molar-refractivity contribution < 1.29 is 23.4 Å². The Morgan fingerprint density at radius 2 is 2.26 bits per heavy atom. The van der Waals surface area contributed by atoms with Crippen molar-refractivity contribution in [3.63, 3.8) is 0 Å². The number of rotatable bonds is 6. The summed E-state index contributed by atoms with van der Waals surface area (Å²) in [6.45, 7) is 2.08. The van der Waals surface area contributed by atoms with Gasteiger partial charge in [-0.1, -0.05) is 6.92 Å². The molecule has 2 atom stereocenters. The van der Waals surface area contributed by atoms with Crippen molar-refractivity contribution in [1.82, 2.24) is 19.4 Å². The summed E-state index contributed by atoms with van der Waals surface area (Å²) in [6, 6.07) is 1.58. The van der Waals surface area contributed by atoms with Gasteiger partial charge >= 0.3 is 0 Å². The van der Waals surface area contributed by atoms with E-state index in [4.69, 9.17) is 0 Å². The molecule has 10 heteroatoms. The lowest BCUT2D eigenvalue weighted by atomic mass is 10.0. The first-order valence-electron chi connectivity index (χ1n) is 7.32. The number of carbonyl (C=O) groups excluding carboxylic acids is 1. The summed E-state index contributed by atoms with van der Waals surface area (Å²) in [6.07, 6.45) is 2.30. The van der Waals surface area contributed by atoms with Crippen LogP contribution >= 0.6 is 0 Å². The lowest BCUT2D eigenvalue weighted by Crippen LogP contribution is -2.51. The predicted octanol–water partition coefficient (Wildman–Crippen LogP) is -1.61. The lowest BCUT2D eigenvalue weighted by molar-refractivity contribution is -0.0352. The standard InChI is InChI=1S/C13H22N4O5S/c1-3-5-17-6-4-10(15-17)12(19)16-7-11(18)13(20,9-16)8-14-23(2,21)22/h4,6,11,14,18,20H,3,5,7-9H2,1-2H3/t11-,13+/m1/s1. The average Bonchev–Trinajstić information content (AvgIpc) is 3.02. The molecule has 0 spiro atoms. The molecule has 2 rings (SSSR count). The number of β-amino-alcohol motifs (C(OH)–C–C–N with tert-alkyl or cyclic N) is 2. The van der Waals surface area contributed by atoms with E-state index in [-0.39, 0.29) is 25.3 Å². The van der Waals surface area contributed by atoms with Gasteiger partial charge in [0.15, 0.2) is 0 Å². The van der Waals surface area contributed by atoms with Gasteiger partial charge < -0.3 is 15.1 Å². The molecule has 0 unspecified atom stereocenters. The minimum atomic E-state index is -3.51. The van der Waals surface area contributed by atoms with Crippen LogP contribution in [-0.2, 0) is 16.6 Å². The fourth-order valence-electron chi connectivity index (χ4n) is 2.45. The number of carbonyl (C=O) groups is 1. The molecule has 9 nitrogen and oxygen atoms in total. The van der Waals surface area contributed by atoms with Crippen LogP contribution in [0, 0.1) is 0 Å². The van der Waals surface area contributed by atoms with Gasteiger partial charge in [-0.15, -0.1) is 0 Å². The van der Waals surface area contributed by atoms with E-state index in [0.717, 1.165) is 12.7 Å². The van der Waals surface area contributed by atoms with Crippen molar-refractivity contribution in [2.24, 2.45) is 0 Å². The van der Waals surface area contributed by atoms with Crippen LogP contribution in [0.5, 0.6) is 0 Å². The molecule has 2 heterocycles. The zero-order chi connectivity index (χ0) is 17.3. The first-order chi connectivity index (χ1) is 10.6. The summed E-state index contributed by atoms with van der Waals surface area (Å²) in [7, 11) is -3.51. The maximum Gasteiger partial charge on any atom is 0.274 e. The zero-order valence-corrected chi connectivity index (χ0v) is 14.0. The molecular weight excluding hydrogens is 324 g/mol. The van der Waals surface area contributed by atoms with E-state index >= 15 is 0 Å². The summed E-state index contributed by atoms with van der Waals surface area (Å²) in [4.78, 5) is 13.7. The molecule has 1 aliphatic heterocycles. The Morgan fingerprint density at radius 1 is 1.57 bits per heavy atom. The molecule has 0 aromatic carbocycles. The van der Waals surface area contributed by atoms with Crippen LogP contribution in [0.1, 0.15) is 23.8 Å². The third-order valence-electron chi connectivity index (χ3n) is 3.72. The van der Waals surface area contributed by atoms with Crippen molar-refractivity contribution in [1.29, 1.82) is 0 Å². The fraction of sp³-hybridized carbons (Fsp3) is 0.692. The number of nitrogens with zero attached hydrogens (tertiary/aromatic N) is 3. The van der Waals surface area contributed by atoms with Crippen molar-refractivity contribution in [3.8, 4) is 0 Å². The quantitative estimate of drug-likeness (QED) is 0.569. The molecule has 1 aromatic heterocycles. The molecule has 130 valence electrons. The number of aliphatic hydroxyl groups excluding tert-OH is 1. The van der Waals surface area contributed by atoms with E-state index < -0.39 is 27.6 Å². The third kappa shape index (κ3) is 4.28. The molecule has 0 radical (unpaired) electrons. The van der Waals surface area contributed by atoms with Gasteiger partial charge in [0.05, 0.1) is 19.3 Å². The van der Waals surface area contributed by atoms with Crippen LogP contribution in [0.4, 0.5) is 0 Å². The lowest BCUT2D eigenvalue weighted by Gasteiger charge is -2.25. The number of aryl methyl sites for hydroxylation is 1. The number of likely N-dealkylation sites (tertiary alicyclic amines) is 1. The summed E-state index contributed by atoms with van der Waals surface area (Å²) in [5.74, 6) is -0.408. The zero-order valence-electron chi connectivity index (χ0n) is 13.1. The summed E-state index contributed by atoms with van der Waals surface area (Å²) < 4.78 is 26.1. The van der Waals surface area contributed by atoms with Crippen molar-refractivity contribution in [2.75, 3.05) is 25.9 Å². The van der Waals surface area contributed by atoms with Crippen molar-refractivity contribution in [3.05, 3.63) is 18.0 Å². The molecule has 0 saturated carbocycles. The smallest absolute Gasteiger partial charge is 0.274 e. The highest BCUT2D eigenvalue weighted by Crippen LogP contribution is 2.23. The Morgan fingerprint density at radius 3 is 2.87 bits per heavy atom. The van der Waals surface area contributed by atoms with Crippen molar-refractivity contribution >= 4 is 15.9 Å². The highest BCUT2D eigenvalue weighted by atomic mass is 32.2. The Hall–Kier alpha value is -1.49. The van der Waals surface area contributed by atoms with E-state index in [1.54, 1.807) is 16.9 Å². The second kappa shape index (κ2) is 6.56.